The number of hydrogen-bond acceptors (Lipinski definition) is 0. The highest BCUT2D eigenvalue weighted by Crippen LogP contribution is 2.50. The van der Waals surface area contributed by atoms with Crippen molar-refractivity contribution in [3.8, 4) is 0 Å². The maximum atomic E-state index is 14.4. The smallest absolute Gasteiger partial charge is 0.203 e. The highest BCUT2D eigenvalue weighted by atomic mass is 27.2. The van der Waals surface area contributed by atoms with Gasteiger partial charge < -0.3 is 0 Å². The third kappa shape index (κ3) is 3.23. The van der Waals surface area contributed by atoms with Gasteiger partial charge in [-0.3, -0.25) is 0 Å². The fraction of sp³-hybridized carbons (Fsp3) is 0.333. The lowest BCUT2D eigenvalue weighted by atomic mass is 9.87. The van der Waals surface area contributed by atoms with Crippen LogP contribution in [0.3, 0.4) is 0 Å². The molecule has 0 aliphatic carbocycles. The van der Waals surface area contributed by atoms with Gasteiger partial charge in [0.25, 0.3) is 14.1 Å². The van der Waals surface area contributed by atoms with E-state index in [1.807, 2.05) is 0 Å². The molecule has 0 aromatic heterocycles. The van der Waals surface area contributed by atoms with Gasteiger partial charge in [-0.1, -0.05) is 23.9 Å². The molecular weight excluding hydrogens is 433 g/mol. The number of hydrogen-bond donors (Lipinski definition) is 0. The maximum Gasteiger partial charge on any atom is 0.272 e. The second-order valence-electron chi connectivity index (χ2n) is 6.85. The predicted molar refractivity (Wildman–Crippen MR) is 83.6 cm³/mol. The van der Waals surface area contributed by atoms with Crippen LogP contribution in [0.2, 0.25) is 10.6 Å². The van der Waals surface area contributed by atoms with Crippen LogP contribution in [0.1, 0.15) is 35.2 Å². The number of benzene rings is 2. The summed E-state index contributed by atoms with van der Waals surface area (Å²) in [5.41, 5.74) is -2.55. The van der Waals surface area contributed by atoms with Crippen LogP contribution in [0.5, 0.6) is 0 Å². The standard InChI is InChI=1S/C16H6F10.C2H5.Al/c1-2-4(6-9(19)13(23)16(26)14(24)10(6)20)3-5-7(17)11(21)15(25)12(22)8(5)18;1-2;/h3-4H,1-2H2;1H2,2H3;. The van der Waals surface area contributed by atoms with Gasteiger partial charge in [0.15, 0.2) is 46.5 Å². The van der Waals surface area contributed by atoms with E-state index in [0.717, 1.165) is 0 Å². The summed E-state index contributed by atoms with van der Waals surface area (Å²) in [4.78, 5) is 0. The van der Waals surface area contributed by atoms with Crippen LogP contribution in [0, 0.1) is 58.2 Å². The van der Waals surface area contributed by atoms with E-state index in [4.69, 9.17) is 0 Å². The Labute approximate surface area is 162 Å². The highest BCUT2D eigenvalue weighted by molar-refractivity contribution is 6.61. The van der Waals surface area contributed by atoms with Crippen LogP contribution in [0.25, 0.3) is 0 Å². The van der Waals surface area contributed by atoms with Crippen molar-refractivity contribution in [2.75, 3.05) is 0 Å². The van der Waals surface area contributed by atoms with Crippen molar-refractivity contribution in [3.63, 3.8) is 0 Å². The van der Waals surface area contributed by atoms with Crippen LogP contribution in [-0.2, 0) is 0 Å². The molecule has 1 aliphatic heterocycles. The minimum Gasteiger partial charge on any atom is -0.203 e. The monoisotopic (exact) mass is 444 g/mol. The molecule has 0 nitrogen and oxygen atoms in total. The lowest BCUT2D eigenvalue weighted by molar-refractivity contribution is 0.354. The molecular formula is C18H11AlF10. The summed E-state index contributed by atoms with van der Waals surface area (Å²) in [5, 5.41) is 0.404. The molecule has 1 fully saturated rings. The third-order valence-corrected chi connectivity index (χ3v) is 9.44. The molecule has 2 aromatic carbocycles. The van der Waals surface area contributed by atoms with Gasteiger partial charge in [-0.2, -0.15) is 0 Å². The molecule has 2 aromatic rings. The Morgan fingerprint density at radius 3 is 1.31 bits per heavy atom. The molecule has 11 heteroatoms. The topological polar surface area (TPSA) is 0 Å². The summed E-state index contributed by atoms with van der Waals surface area (Å²) in [6, 6.07) is 0. The molecule has 2 unspecified atom stereocenters. The molecule has 0 saturated carbocycles. The van der Waals surface area contributed by atoms with Gasteiger partial charge in [0, 0.05) is 11.1 Å². The van der Waals surface area contributed by atoms with Crippen LogP contribution in [-0.4, -0.2) is 14.1 Å². The van der Waals surface area contributed by atoms with E-state index in [1.54, 1.807) is 6.92 Å². The molecule has 2 atom stereocenters. The van der Waals surface area contributed by atoms with E-state index in [0.29, 0.717) is 0 Å². The van der Waals surface area contributed by atoms with E-state index >= 15 is 0 Å². The summed E-state index contributed by atoms with van der Waals surface area (Å²) in [6.07, 6.45) is -0.215. The van der Waals surface area contributed by atoms with E-state index < -0.39 is 94.1 Å². The largest absolute Gasteiger partial charge is 0.272 e. The molecule has 0 N–H and O–H groups in total. The molecule has 0 radical (unpaired) electrons. The van der Waals surface area contributed by atoms with Gasteiger partial charge in [0.05, 0.1) is 0 Å². The molecule has 0 bridgehead atoms. The maximum absolute atomic E-state index is 14.4. The summed E-state index contributed by atoms with van der Waals surface area (Å²) in [5.74, 6) is -24.0. The predicted octanol–water partition coefficient (Wildman–Crippen LogP) is 6.40. The van der Waals surface area contributed by atoms with Crippen molar-refractivity contribution in [1.29, 1.82) is 0 Å². The fourth-order valence-electron chi connectivity index (χ4n) is 4.16. The van der Waals surface area contributed by atoms with Crippen LogP contribution < -0.4 is 0 Å². The Kier molecular flexibility index (Phi) is 5.94. The third-order valence-electron chi connectivity index (χ3n) is 5.51. The number of rotatable bonds is 3. The molecule has 0 amide bonds. The first-order chi connectivity index (χ1) is 13.5. The summed E-state index contributed by atoms with van der Waals surface area (Å²) in [6.45, 7) is 1.57. The quantitative estimate of drug-likeness (QED) is 0.222. The molecule has 0 spiro atoms. The van der Waals surface area contributed by atoms with Gasteiger partial charge in [0.1, 0.15) is 0 Å². The Hall–Kier alpha value is -1.73. The highest BCUT2D eigenvalue weighted by Gasteiger charge is 2.48. The summed E-state index contributed by atoms with van der Waals surface area (Å²) >= 11 is -2.44. The van der Waals surface area contributed by atoms with E-state index in [2.05, 4.69) is 0 Å². The fourth-order valence-corrected chi connectivity index (χ4v) is 8.03. The zero-order chi connectivity index (χ0) is 21.8. The van der Waals surface area contributed by atoms with Gasteiger partial charge in [-0.25, -0.2) is 43.9 Å². The average Bonchev–Trinajstić information content (AvgIpc) is 3.11. The Morgan fingerprint density at radius 2 is 0.931 bits per heavy atom. The van der Waals surface area contributed by atoms with Crippen molar-refractivity contribution in [2.45, 2.75) is 34.6 Å². The molecule has 3 rings (SSSR count). The first kappa shape index (κ1) is 22.0. The van der Waals surface area contributed by atoms with Crippen molar-refractivity contribution in [1.82, 2.24) is 0 Å². The Morgan fingerprint density at radius 1 is 0.586 bits per heavy atom. The van der Waals surface area contributed by atoms with Gasteiger partial charge >= 0.3 is 0 Å². The van der Waals surface area contributed by atoms with E-state index in [-0.39, 0.29) is 17.0 Å². The van der Waals surface area contributed by atoms with Crippen LogP contribution in [0.4, 0.5) is 43.9 Å². The van der Waals surface area contributed by atoms with E-state index in [9.17, 15) is 43.9 Å². The molecule has 29 heavy (non-hydrogen) atoms. The van der Waals surface area contributed by atoms with Crippen molar-refractivity contribution in [3.05, 3.63) is 69.3 Å². The molecule has 1 heterocycles. The SMILES string of the molecule is C[CH2][Al]1[CH2]CC(c2c(F)c(F)c(F)c(F)c2F)[CH]1c1c(F)c(F)c(F)c(F)c1F. The minimum atomic E-state index is -2.44. The van der Waals surface area contributed by atoms with E-state index in [1.165, 1.54) is 0 Å². The second-order valence-corrected chi connectivity index (χ2v) is 10.5. The van der Waals surface area contributed by atoms with Gasteiger partial charge in [-0.05, 0) is 10.7 Å². The number of halogens is 10. The molecule has 1 saturated heterocycles. The first-order valence-electron chi connectivity index (χ1n) is 8.57. The second kappa shape index (κ2) is 7.84. The first-order valence-corrected chi connectivity index (χ1v) is 10.9. The summed E-state index contributed by atoms with van der Waals surface area (Å²) < 4.78 is 137. The summed E-state index contributed by atoms with van der Waals surface area (Å²) in [7, 11) is 0. The lowest BCUT2D eigenvalue weighted by Crippen LogP contribution is -2.26. The van der Waals surface area contributed by atoms with Crippen molar-refractivity contribution in [2.24, 2.45) is 0 Å². The molecule has 156 valence electrons. The normalized spacial score (nSPS) is 19.3. The zero-order valence-corrected chi connectivity index (χ0v) is 15.8. The molecule has 1 aliphatic rings. The van der Waals surface area contributed by atoms with Crippen molar-refractivity contribution >= 4 is 14.1 Å². The lowest BCUT2D eigenvalue weighted by Gasteiger charge is -2.26. The Bertz CT molecular complexity index is 932. The van der Waals surface area contributed by atoms with Gasteiger partial charge in [-0.15, -0.1) is 0 Å². The van der Waals surface area contributed by atoms with Crippen molar-refractivity contribution < 1.29 is 43.9 Å². The van der Waals surface area contributed by atoms with Gasteiger partial charge in [0.2, 0.25) is 11.6 Å². The average molecular weight is 444 g/mol. The van der Waals surface area contributed by atoms with Crippen LogP contribution in [0.15, 0.2) is 0 Å². The van der Waals surface area contributed by atoms with Crippen LogP contribution >= 0.6 is 0 Å². The minimum absolute atomic E-state index is 0.158. The zero-order valence-electron chi connectivity index (χ0n) is 14.6. The Balaban J connectivity index is 2.30.